The van der Waals surface area contributed by atoms with Gasteiger partial charge in [-0.1, -0.05) is 11.6 Å². The van der Waals surface area contributed by atoms with Gasteiger partial charge in [0.2, 0.25) is 5.95 Å². The van der Waals surface area contributed by atoms with Gasteiger partial charge in [0.15, 0.2) is 5.82 Å². The van der Waals surface area contributed by atoms with Gasteiger partial charge in [0.1, 0.15) is 0 Å². The summed E-state index contributed by atoms with van der Waals surface area (Å²) in [6, 6.07) is 10.2. The van der Waals surface area contributed by atoms with E-state index in [1.165, 1.54) is 11.3 Å². The molecular weight excluding hydrogens is 386 g/mol. The van der Waals surface area contributed by atoms with E-state index in [0.29, 0.717) is 5.41 Å². The Morgan fingerprint density at radius 1 is 1.00 bits per heavy atom. The fourth-order valence-corrected chi connectivity index (χ4v) is 5.13. The highest BCUT2D eigenvalue weighted by molar-refractivity contribution is 6.30. The first-order chi connectivity index (χ1) is 14.1. The minimum Gasteiger partial charge on any atom is -0.369 e. The van der Waals surface area contributed by atoms with Gasteiger partial charge in [-0.3, -0.25) is 14.5 Å². The lowest BCUT2D eigenvalue weighted by Gasteiger charge is -2.60. The van der Waals surface area contributed by atoms with E-state index >= 15 is 0 Å². The normalized spacial score (nSPS) is 19.9. The molecule has 0 saturated carbocycles. The minimum atomic E-state index is 0.354. The molecule has 0 aliphatic carbocycles. The van der Waals surface area contributed by atoms with E-state index < -0.39 is 0 Å². The highest BCUT2D eigenvalue weighted by Crippen LogP contribution is 2.44. The van der Waals surface area contributed by atoms with E-state index in [1.807, 2.05) is 24.5 Å². The van der Waals surface area contributed by atoms with Crippen molar-refractivity contribution in [3.05, 3.63) is 59.1 Å². The number of pyridine rings is 1. The second-order valence-electron chi connectivity index (χ2n) is 8.62. The summed E-state index contributed by atoms with van der Waals surface area (Å²) < 4.78 is 2.22. The molecular formula is C21H22ClN7. The zero-order valence-corrected chi connectivity index (χ0v) is 17.0. The molecule has 0 bridgehead atoms. The van der Waals surface area contributed by atoms with Crippen LogP contribution in [0.1, 0.15) is 11.4 Å². The molecule has 0 radical (unpaired) electrons. The van der Waals surface area contributed by atoms with Crippen LogP contribution in [-0.2, 0) is 13.1 Å². The third-order valence-corrected chi connectivity index (χ3v) is 6.48. The molecule has 7 nitrogen and oxygen atoms in total. The van der Waals surface area contributed by atoms with Crippen LogP contribution in [0.25, 0.3) is 5.69 Å². The Hall–Kier alpha value is -2.64. The van der Waals surface area contributed by atoms with E-state index in [1.54, 1.807) is 0 Å². The highest BCUT2D eigenvalue weighted by Gasteiger charge is 2.53. The Labute approximate surface area is 174 Å². The number of hydrogen-bond acceptors (Lipinski definition) is 6. The summed E-state index contributed by atoms with van der Waals surface area (Å²) >= 11 is 6.27. The van der Waals surface area contributed by atoms with E-state index in [-0.39, 0.29) is 0 Å². The molecule has 0 atom stereocenters. The van der Waals surface area contributed by atoms with Crippen molar-refractivity contribution in [2.45, 2.75) is 13.1 Å². The summed E-state index contributed by atoms with van der Waals surface area (Å²) in [6.07, 6.45) is 3.77. The van der Waals surface area contributed by atoms with Crippen LogP contribution >= 0.6 is 11.6 Å². The topological polar surface area (TPSA) is 53.3 Å². The first-order valence-corrected chi connectivity index (χ1v) is 10.3. The van der Waals surface area contributed by atoms with E-state index in [0.717, 1.165) is 61.8 Å². The van der Waals surface area contributed by atoms with Crippen molar-refractivity contribution in [2.24, 2.45) is 5.41 Å². The van der Waals surface area contributed by atoms with Crippen LogP contribution in [0.4, 0.5) is 11.6 Å². The van der Waals surface area contributed by atoms with Gasteiger partial charge in [-0.15, -0.1) is 10.2 Å². The van der Waals surface area contributed by atoms with Gasteiger partial charge in [0, 0.05) is 49.4 Å². The van der Waals surface area contributed by atoms with Crippen molar-refractivity contribution in [3.8, 4) is 5.69 Å². The number of fused-ring (bicyclic) bond motifs is 3. The predicted molar refractivity (Wildman–Crippen MR) is 113 cm³/mol. The van der Waals surface area contributed by atoms with Crippen LogP contribution in [0.3, 0.4) is 0 Å². The van der Waals surface area contributed by atoms with Gasteiger partial charge < -0.3 is 9.80 Å². The van der Waals surface area contributed by atoms with Crippen LogP contribution in [0.2, 0.25) is 5.02 Å². The Kier molecular flexibility index (Phi) is 3.67. The molecule has 1 spiro atoms. The summed E-state index contributed by atoms with van der Waals surface area (Å²) in [5.74, 6) is 1.93. The molecule has 0 N–H and O–H groups in total. The largest absolute Gasteiger partial charge is 0.369 e. The molecule has 3 aromatic rings. The van der Waals surface area contributed by atoms with E-state index in [2.05, 4.69) is 59.7 Å². The van der Waals surface area contributed by atoms with Crippen LogP contribution in [0, 0.1) is 5.41 Å². The molecule has 0 unspecified atom stereocenters. The Balaban J connectivity index is 1.25. The van der Waals surface area contributed by atoms with Gasteiger partial charge >= 0.3 is 0 Å². The molecule has 5 heterocycles. The maximum Gasteiger partial charge on any atom is 0.231 e. The highest BCUT2D eigenvalue weighted by atomic mass is 35.5. The molecule has 0 amide bonds. The number of rotatable bonds is 2. The number of benzene rings is 1. The van der Waals surface area contributed by atoms with Crippen molar-refractivity contribution in [3.63, 3.8) is 0 Å². The molecule has 1 aromatic carbocycles. The van der Waals surface area contributed by atoms with Gasteiger partial charge in [-0.25, -0.2) is 0 Å². The number of aromatic nitrogens is 4. The third kappa shape index (κ3) is 2.72. The Morgan fingerprint density at radius 3 is 2.62 bits per heavy atom. The predicted octanol–water partition coefficient (Wildman–Crippen LogP) is 2.59. The van der Waals surface area contributed by atoms with Crippen LogP contribution in [-0.4, -0.2) is 57.9 Å². The van der Waals surface area contributed by atoms with E-state index in [9.17, 15) is 0 Å². The average Bonchev–Trinajstić information content (AvgIpc) is 2.97. The molecule has 2 aromatic heterocycles. The number of hydrogen-bond donors (Lipinski definition) is 0. The van der Waals surface area contributed by atoms with Crippen LogP contribution in [0.5, 0.6) is 0 Å². The van der Waals surface area contributed by atoms with E-state index in [4.69, 9.17) is 11.6 Å². The van der Waals surface area contributed by atoms with Crippen molar-refractivity contribution >= 4 is 23.2 Å². The van der Waals surface area contributed by atoms with Gasteiger partial charge in [0.25, 0.3) is 0 Å². The summed E-state index contributed by atoms with van der Waals surface area (Å²) in [7, 11) is 2.11. The second-order valence-corrected chi connectivity index (χ2v) is 9.06. The molecule has 2 saturated heterocycles. The van der Waals surface area contributed by atoms with Gasteiger partial charge in [-0.05, 0) is 42.9 Å². The van der Waals surface area contributed by atoms with Gasteiger partial charge in [-0.2, -0.15) is 0 Å². The molecule has 6 rings (SSSR count). The molecule has 148 valence electrons. The quantitative estimate of drug-likeness (QED) is 0.651. The molecule has 29 heavy (non-hydrogen) atoms. The Bertz CT molecular complexity index is 1070. The summed E-state index contributed by atoms with van der Waals surface area (Å²) in [5.41, 5.74) is 3.91. The minimum absolute atomic E-state index is 0.354. The first kappa shape index (κ1) is 17.2. The maximum absolute atomic E-state index is 6.27. The molecule has 3 aliphatic heterocycles. The first-order valence-electron chi connectivity index (χ1n) is 9.92. The number of nitrogens with zero attached hydrogens (tertiary/aromatic N) is 7. The molecule has 3 aliphatic rings. The molecule has 8 heteroatoms. The SMILES string of the molecule is CN1Cc2cc(Cl)ccc2-n2c(nnc2N2CC3(CN(c4cccnc4)C3)C2)C1. The number of anilines is 2. The van der Waals surface area contributed by atoms with Crippen molar-refractivity contribution in [2.75, 3.05) is 43.0 Å². The number of halogens is 1. The lowest BCUT2D eigenvalue weighted by atomic mass is 9.73. The zero-order chi connectivity index (χ0) is 19.6. The lowest BCUT2D eigenvalue weighted by molar-refractivity contribution is 0.154. The zero-order valence-electron chi connectivity index (χ0n) is 16.3. The third-order valence-electron chi connectivity index (χ3n) is 6.25. The standard InChI is InChI=1S/C21H22ClN7/c1-26-9-15-7-16(22)4-5-18(15)29-19(10-26)24-25-20(29)28-13-21(14-28)11-27(12-21)17-3-2-6-23-8-17/h2-8H,9-14H2,1H3. The second kappa shape index (κ2) is 6.18. The molecule has 2 fully saturated rings. The summed E-state index contributed by atoms with van der Waals surface area (Å²) in [6.45, 7) is 5.80. The maximum atomic E-state index is 6.27. The monoisotopic (exact) mass is 407 g/mol. The average molecular weight is 408 g/mol. The Morgan fingerprint density at radius 2 is 1.83 bits per heavy atom. The fourth-order valence-electron chi connectivity index (χ4n) is 4.94. The van der Waals surface area contributed by atoms with Crippen LogP contribution in [0.15, 0.2) is 42.7 Å². The van der Waals surface area contributed by atoms with Gasteiger partial charge in [0.05, 0.1) is 24.1 Å². The summed E-state index contributed by atoms with van der Waals surface area (Å²) in [5, 5.41) is 9.86. The smallest absolute Gasteiger partial charge is 0.231 e. The summed E-state index contributed by atoms with van der Waals surface area (Å²) in [4.78, 5) is 11.3. The van der Waals surface area contributed by atoms with Crippen molar-refractivity contribution < 1.29 is 0 Å². The van der Waals surface area contributed by atoms with Crippen molar-refractivity contribution in [1.29, 1.82) is 0 Å². The van der Waals surface area contributed by atoms with Crippen LogP contribution < -0.4 is 9.80 Å². The van der Waals surface area contributed by atoms with Crippen molar-refractivity contribution in [1.82, 2.24) is 24.6 Å². The fraction of sp³-hybridized carbons (Fsp3) is 0.381. The lowest BCUT2D eigenvalue weighted by Crippen LogP contribution is -2.72.